The number of nitrogens with one attached hydrogen (secondary N) is 1. The maximum Gasteiger partial charge on any atom is 0.238 e. The van der Waals surface area contributed by atoms with E-state index < -0.39 is 0 Å². The number of aryl methyl sites for hydroxylation is 2. The van der Waals surface area contributed by atoms with Gasteiger partial charge in [0.25, 0.3) is 0 Å². The highest BCUT2D eigenvalue weighted by Gasteiger charge is 2.36. The fraction of sp³-hybridized carbons (Fsp3) is 0.588. The predicted molar refractivity (Wildman–Crippen MR) is 86.1 cm³/mol. The molecule has 4 heteroatoms. The van der Waals surface area contributed by atoms with Crippen LogP contribution in [-0.4, -0.2) is 48.4 Å². The molecular weight excluding hydrogens is 262 g/mol. The van der Waals surface area contributed by atoms with Crippen molar-refractivity contribution in [1.82, 2.24) is 15.1 Å². The quantitative estimate of drug-likeness (QED) is 0.922. The Morgan fingerprint density at radius 2 is 2.00 bits per heavy atom. The Kier molecular flexibility index (Phi) is 4.40. The molecule has 0 saturated carbocycles. The number of rotatable bonds is 4. The van der Waals surface area contributed by atoms with Crippen LogP contribution in [0.25, 0.3) is 0 Å². The minimum Gasteiger partial charge on any atom is -0.320 e. The van der Waals surface area contributed by atoms with E-state index in [1.807, 2.05) is 4.90 Å². The van der Waals surface area contributed by atoms with Crippen LogP contribution < -0.4 is 5.32 Å². The number of likely N-dealkylation sites (N-methyl/N-ethyl adjacent to an activating group) is 1. The normalized spacial score (nSPS) is 19.7. The summed E-state index contributed by atoms with van der Waals surface area (Å²) in [6.45, 7) is 9.66. The lowest BCUT2D eigenvalue weighted by molar-refractivity contribution is -0.129. The van der Waals surface area contributed by atoms with E-state index in [1.54, 1.807) is 0 Å². The van der Waals surface area contributed by atoms with Gasteiger partial charge in [0.05, 0.1) is 6.54 Å². The summed E-state index contributed by atoms with van der Waals surface area (Å²) in [6, 6.07) is 6.43. The van der Waals surface area contributed by atoms with Crippen molar-refractivity contribution < 1.29 is 4.79 Å². The van der Waals surface area contributed by atoms with Gasteiger partial charge in [-0.05, 0) is 52.9 Å². The van der Waals surface area contributed by atoms with E-state index in [1.165, 1.54) is 16.7 Å². The molecule has 1 heterocycles. The summed E-state index contributed by atoms with van der Waals surface area (Å²) in [5, 5.41) is 3.36. The number of benzene rings is 1. The van der Waals surface area contributed by atoms with Crippen molar-refractivity contribution in [2.75, 3.05) is 27.2 Å². The van der Waals surface area contributed by atoms with Crippen LogP contribution in [0.2, 0.25) is 0 Å². The van der Waals surface area contributed by atoms with Crippen molar-refractivity contribution in [3.63, 3.8) is 0 Å². The number of carbonyl (C=O) groups excluding carboxylic acids is 1. The van der Waals surface area contributed by atoms with Gasteiger partial charge in [0.2, 0.25) is 5.91 Å². The zero-order valence-electron chi connectivity index (χ0n) is 14.0. The lowest BCUT2D eigenvalue weighted by Gasteiger charge is -2.38. The molecule has 0 bridgehead atoms. The van der Waals surface area contributed by atoms with Crippen molar-refractivity contribution >= 4 is 5.91 Å². The molecule has 1 aromatic carbocycles. The van der Waals surface area contributed by atoms with Crippen LogP contribution in [0.3, 0.4) is 0 Å². The van der Waals surface area contributed by atoms with E-state index in [4.69, 9.17) is 0 Å². The van der Waals surface area contributed by atoms with Gasteiger partial charge in [0, 0.05) is 12.1 Å². The average Bonchev–Trinajstić information content (AvgIpc) is 2.73. The van der Waals surface area contributed by atoms with Crippen molar-refractivity contribution in [2.24, 2.45) is 0 Å². The Morgan fingerprint density at radius 1 is 1.33 bits per heavy atom. The molecule has 1 aliphatic heterocycles. The average molecular weight is 289 g/mol. The van der Waals surface area contributed by atoms with E-state index in [0.29, 0.717) is 13.1 Å². The first-order valence-corrected chi connectivity index (χ1v) is 7.50. The molecule has 4 nitrogen and oxygen atoms in total. The van der Waals surface area contributed by atoms with Crippen LogP contribution in [0.4, 0.5) is 0 Å². The van der Waals surface area contributed by atoms with Gasteiger partial charge >= 0.3 is 0 Å². The Balaban J connectivity index is 2.30. The lowest BCUT2D eigenvalue weighted by atomic mass is 10.00. The topological polar surface area (TPSA) is 35.6 Å². The van der Waals surface area contributed by atoms with Crippen molar-refractivity contribution in [3.05, 3.63) is 34.9 Å². The van der Waals surface area contributed by atoms with Gasteiger partial charge in [-0.1, -0.05) is 23.8 Å². The first kappa shape index (κ1) is 16.0. The summed E-state index contributed by atoms with van der Waals surface area (Å²) in [5.74, 6) is 0.177. The van der Waals surface area contributed by atoms with Crippen LogP contribution in [0.5, 0.6) is 0 Å². The maximum absolute atomic E-state index is 12.3. The second kappa shape index (κ2) is 5.78. The molecule has 0 radical (unpaired) electrons. The molecule has 1 aromatic rings. The third-order valence-corrected chi connectivity index (χ3v) is 4.58. The molecule has 1 amide bonds. The van der Waals surface area contributed by atoms with Gasteiger partial charge < -0.3 is 9.80 Å². The summed E-state index contributed by atoms with van der Waals surface area (Å²) in [5.41, 5.74) is 3.59. The Bertz CT molecular complexity index is 537. The number of hydrogen-bond acceptors (Lipinski definition) is 3. The number of hydrogen-bond donors (Lipinski definition) is 1. The second-order valence-electron chi connectivity index (χ2n) is 6.87. The van der Waals surface area contributed by atoms with Crippen LogP contribution >= 0.6 is 0 Å². The Labute approximate surface area is 128 Å². The summed E-state index contributed by atoms with van der Waals surface area (Å²) < 4.78 is 0. The first-order chi connectivity index (χ1) is 9.72. The summed E-state index contributed by atoms with van der Waals surface area (Å²) in [6.07, 6.45) is -0.0170. The monoisotopic (exact) mass is 289 g/mol. The zero-order valence-corrected chi connectivity index (χ0v) is 14.0. The molecule has 116 valence electrons. The molecule has 0 spiro atoms. The number of nitrogens with zero attached hydrogens (tertiary/aromatic N) is 2. The largest absolute Gasteiger partial charge is 0.320 e. The lowest BCUT2D eigenvalue weighted by Crippen LogP contribution is -2.49. The van der Waals surface area contributed by atoms with E-state index in [-0.39, 0.29) is 17.6 Å². The highest BCUT2D eigenvalue weighted by atomic mass is 16.2. The highest BCUT2D eigenvalue weighted by molar-refractivity contribution is 5.81. The molecule has 1 aliphatic rings. The highest BCUT2D eigenvalue weighted by Crippen LogP contribution is 2.28. The number of amides is 1. The Morgan fingerprint density at radius 3 is 2.62 bits per heavy atom. The van der Waals surface area contributed by atoms with E-state index in [0.717, 1.165) is 0 Å². The van der Waals surface area contributed by atoms with Gasteiger partial charge in [0.15, 0.2) is 0 Å². The predicted octanol–water partition coefficient (Wildman–Crippen LogP) is 2.07. The smallest absolute Gasteiger partial charge is 0.238 e. The van der Waals surface area contributed by atoms with E-state index >= 15 is 0 Å². The SMILES string of the molecule is Cc1ccc(C)c(C2NCC(=O)N2CC(C)(C)N(C)C)c1. The van der Waals surface area contributed by atoms with Gasteiger partial charge in [-0.25, -0.2) is 0 Å². The van der Waals surface area contributed by atoms with E-state index in [2.05, 4.69) is 70.2 Å². The van der Waals surface area contributed by atoms with Crippen LogP contribution in [0.1, 0.15) is 36.7 Å². The molecule has 1 saturated heterocycles. The summed E-state index contributed by atoms with van der Waals surface area (Å²) >= 11 is 0. The van der Waals surface area contributed by atoms with Gasteiger partial charge in [-0.2, -0.15) is 0 Å². The first-order valence-electron chi connectivity index (χ1n) is 7.50. The molecule has 0 aliphatic carbocycles. The minimum atomic E-state index is -0.0579. The third-order valence-electron chi connectivity index (χ3n) is 4.58. The molecule has 21 heavy (non-hydrogen) atoms. The minimum absolute atomic E-state index is 0.0170. The molecule has 2 rings (SSSR count). The van der Waals surface area contributed by atoms with Gasteiger partial charge in [-0.15, -0.1) is 0 Å². The Hall–Kier alpha value is -1.39. The molecule has 1 N–H and O–H groups in total. The van der Waals surface area contributed by atoms with Crippen molar-refractivity contribution in [3.8, 4) is 0 Å². The second-order valence-corrected chi connectivity index (χ2v) is 6.87. The summed E-state index contributed by atoms with van der Waals surface area (Å²) in [4.78, 5) is 16.4. The fourth-order valence-electron chi connectivity index (χ4n) is 2.61. The molecule has 1 unspecified atom stereocenters. The van der Waals surface area contributed by atoms with Crippen molar-refractivity contribution in [2.45, 2.75) is 39.4 Å². The standard InChI is InChI=1S/C17H27N3O/c1-12-7-8-13(2)14(9-12)16-18-10-15(21)20(16)11-17(3,4)19(5)6/h7-9,16,18H,10-11H2,1-6H3. The van der Waals surface area contributed by atoms with Crippen LogP contribution in [0, 0.1) is 13.8 Å². The van der Waals surface area contributed by atoms with Crippen molar-refractivity contribution in [1.29, 1.82) is 0 Å². The summed E-state index contributed by atoms with van der Waals surface area (Å²) in [7, 11) is 4.11. The molecule has 1 atom stereocenters. The van der Waals surface area contributed by atoms with Crippen LogP contribution in [0.15, 0.2) is 18.2 Å². The van der Waals surface area contributed by atoms with Gasteiger partial charge in [-0.3, -0.25) is 10.1 Å². The number of carbonyl (C=O) groups is 1. The maximum atomic E-state index is 12.3. The molecular formula is C17H27N3O. The molecule has 1 fully saturated rings. The van der Waals surface area contributed by atoms with Gasteiger partial charge in [0.1, 0.15) is 6.17 Å². The van der Waals surface area contributed by atoms with Crippen LogP contribution in [-0.2, 0) is 4.79 Å². The fourth-order valence-corrected chi connectivity index (χ4v) is 2.61. The third kappa shape index (κ3) is 3.27. The van der Waals surface area contributed by atoms with E-state index in [9.17, 15) is 4.79 Å². The zero-order chi connectivity index (χ0) is 15.8. The molecule has 0 aromatic heterocycles.